The Bertz CT molecular complexity index is 1100. The van der Waals surface area contributed by atoms with Crippen molar-refractivity contribution in [3.8, 4) is 5.75 Å². The van der Waals surface area contributed by atoms with Crippen LogP contribution in [0.2, 0.25) is 0 Å². The van der Waals surface area contributed by atoms with E-state index in [2.05, 4.69) is 26.0 Å². The van der Waals surface area contributed by atoms with Crippen LogP contribution in [0, 0.1) is 0 Å². The minimum absolute atomic E-state index is 0.0144. The number of carbonyl (C=O) groups is 2. The van der Waals surface area contributed by atoms with Crippen LogP contribution in [-0.4, -0.2) is 59.1 Å². The second kappa shape index (κ2) is 13.7. The number of nitrogens with one attached hydrogen (secondary N) is 2. The van der Waals surface area contributed by atoms with Gasteiger partial charge in [-0.25, -0.2) is 13.2 Å². The van der Waals surface area contributed by atoms with Crippen LogP contribution in [0.1, 0.15) is 26.2 Å². The molecule has 196 valence electrons. The fourth-order valence-corrected chi connectivity index (χ4v) is 4.73. The van der Waals surface area contributed by atoms with Crippen molar-refractivity contribution >= 4 is 43.5 Å². The first kappa shape index (κ1) is 28.1. The van der Waals surface area contributed by atoms with Crippen molar-refractivity contribution in [1.82, 2.24) is 4.72 Å². The Hall–Kier alpha value is -2.51. The molecule has 12 heteroatoms. The third-order valence-corrected chi connectivity index (χ3v) is 7.12. The van der Waals surface area contributed by atoms with Crippen LogP contribution in [0.3, 0.4) is 0 Å². The molecule has 0 saturated carbocycles. The summed E-state index contributed by atoms with van der Waals surface area (Å²) >= 11 is 3.28. The predicted molar refractivity (Wildman–Crippen MR) is 135 cm³/mol. The number of halogens is 1. The Labute approximate surface area is 218 Å². The van der Waals surface area contributed by atoms with E-state index in [1.807, 2.05) is 0 Å². The number of carbonyl (C=O) groups excluding carboxylic acids is 2. The predicted octanol–water partition coefficient (Wildman–Crippen LogP) is 3.22. The number of ether oxygens (including phenoxy) is 4. The number of rotatable bonds is 12. The molecule has 3 rings (SSSR count). The highest BCUT2D eigenvalue weighted by Gasteiger charge is 2.28. The van der Waals surface area contributed by atoms with Gasteiger partial charge in [0.25, 0.3) is 0 Å². The molecule has 1 aliphatic heterocycles. The lowest BCUT2D eigenvalue weighted by atomic mass is 10.2. The number of sulfonamides is 1. The number of anilines is 1. The van der Waals surface area contributed by atoms with Gasteiger partial charge in [0.1, 0.15) is 11.8 Å². The lowest BCUT2D eigenvalue weighted by Gasteiger charge is -2.25. The topological polar surface area (TPSA) is 129 Å². The zero-order chi connectivity index (χ0) is 26.0. The van der Waals surface area contributed by atoms with Crippen LogP contribution in [0.4, 0.5) is 5.69 Å². The number of amides is 1. The van der Waals surface area contributed by atoms with E-state index in [0.717, 1.165) is 17.3 Å². The first-order chi connectivity index (χ1) is 17.3. The number of benzene rings is 2. The van der Waals surface area contributed by atoms with E-state index in [9.17, 15) is 18.0 Å². The summed E-state index contributed by atoms with van der Waals surface area (Å²) in [6.07, 6.45) is 2.03. The Kier molecular flexibility index (Phi) is 10.7. The molecule has 0 aromatic heterocycles. The normalized spacial score (nSPS) is 16.7. The third-order valence-electron chi connectivity index (χ3n) is 5.11. The molecule has 1 saturated heterocycles. The molecule has 1 unspecified atom stereocenters. The summed E-state index contributed by atoms with van der Waals surface area (Å²) in [5, 5.41) is 2.68. The van der Waals surface area contributed by atoms with E-state index < -0.39 is 34.2 Å². The number of hydrogen-bond donors (Lipinski definition) is 2. The molecule has 2 N–H and O–H groups in total. The smallest absolute Gasteiger partial charge is 0.344 e. The zero-order valence-electron chi connectivity index (χ0n) is 19.8. The molecule has 0 aliphatic carbocycles. The molecule has 0 bridgehead atoms. The minimum atomic E-state index is -4.01. The van der Waals surface area contributed by atoms with Gasteiger partial charge in [-0.2, -0.15) is 4.72 Å². The first-order valence-electron chi connectivity index (χ1n) is 11.5. The second-order valence-electron chi connectivity index (χ2n) is 7.86. The molecule has 10 nitrogen and oxygen atoms in total. The van der Waals surface area contributed by atoms with Gasteiger partial charge >= 0.3 is 5.97 Å². The van der Waals surface area contributed by atoms with E-state index in [1.54, 1.807) is 43.3 Å². The molecule has 0 radical (unpaired) electrons. The quantitative estimate of drug-likeness (QED) is 0.364. The molecule has 1 aliphatic rings. The highest BCUT2D eigenvalue weighted by atomic mass is 79.9. The molecule has 1 heterocycles. The van der Waals surface area contributed by atoms with Gasteiger partial charge in [0.2, 0.25) is 15.9 Å². The van der Waals surface area contributed by atoms with Gasteiger partial charge in [-0.3, -0.25) is 4.79 Å². The summed E-state index contributed by atoms with van der Waals surface area (Å²) in [7, 11) is -4.01. The van der Waals surface area contributed by atoms with Crippen LogP contribution in [0.25, 0.3) is 0 Å². The van der Waals surface area contributed by atoms with E-state index in [4.69, 9.17) is 18.9 Å². The van der Waals surface area contributed by atoms with Crippen LogP contribution in [0.5, 0.6) is 5.75 Å². The van der Waals surface area contributed by atoms with Crippen LogP contribution in [-0.2, 0) is 33.8 Å². The summed E-state index contributed by atoms with van der Waals surface area (Å²) < 4.78 is 50.4. The van der Waals surface area contributed by atoms with Crippen molar-refractivity contribution in [3.05, 3.63) is 53.0 Å². The summed E-state index contributed by atoms with van der Waals surface area (Å²) in [6, 6.07) is 11.1. The van der Waals surface area contributed by atoms with Crippen molar-refractivity contribution in [2.24, 2.45) is 0 Å². The Balaban J connectivity index is 1.67. The summed E-state index contributed by atoms with van der Waals surface area (Å²) in [6.45, 7) is 2.06. The fourth-order valence-electron chi connectivity index (χ4n) is 3.29. The van der Waals surface area contributed by atoms with Gasteiger partial charge in [0.15, 0.2) is 12.9 Å². The minimum Gasteiger partial charge on any atom is -0.482 e. The second-order valence-corrected chi connectivity index (χ2v) is 10.5. The Morgan fingerprint density at radius 1 is 1.11 bits per heavy atom. The third kappa shape index (κ3) is 8.86. The molecule has 36 heavy (non-hydrogen) atoms. The maximum absolute atomic E-state index is 13.1. The van der Waals surface area contributed by atoms with Gasteiger partial charge in [-0.15, -0.1) is 0 Å². The lowest BCUT2D eigenvalue weighted by molar-refractivity contribution is -0.166. The Morgan fingerprint density at radius 3 is 2.47 bits per heavy atom. The first-order valence-corrected chi connectivity index (χ1v) is 13.7. The van der Waals surface area contributed by atoms with Crippen molar-refractivity contribution in [1.29, 1.82) is 0 Å². The molecule has 0 spiro atoms. The zero-order valence-corrected chi connectivity index (χ0v) is 22.2. The van der Waals surface area contributed by atoms with Crippen LogP contribution in [0.15, 0.2) is 57.9 Å². The Morgan fingerprint density at radius 2 is 1.83 bits per heavy atom. The molecular weight excluding hydrogens is 556 g/mol. The maximum atomic E-state index is 13.1. The summed E-state index contributed by atoms with van der Waals surface area (Å²) in [4.78, 5) is 24.5. The molecule has 1 amide bonds. The fraction of sp³-hybridized carbons (Fsp3) is 0.417. The lowest BCUT2D eigenvalue weighted by Crippen LogP contribution is -2.47. The summed E-state index contributed by atoms with van der Waals surface area (Å²) in [5.41, 5.74) is 0.408. The SMILES string of the molecule is CCOC(=O)COc1ccc(NC(=O)[C@H](COC2CCCCO2)NS(=O)(=O)c2ccc(Br)cc2)cc1. The molecular formula is C24H29BrN2O8S. The molecule has 2 aromatic rings. The van der Waals surface area contributed by atoms with Crippen LogP contribution < -0.4 is 14.8 Å². The maximum Gasteiger partial charge on any atom is 0.344 e. The van der Waals surface area contributed by atoms with E-state index in [1.165, 1.54) is 12.1 Å². The van der Waals surface area contributed by atoms with Gasteiger partial charge < -0.3 is 24.3 Å². The van der Waals surface area contributed by atoms with Crippen molar-refractivity contribution in [2.75, 3.05) is 31.7 Å². The number of hydrogen-bond acceptors (Lipinski definition) is 8. The van der Waals surface area contributed by atoms with Gasteiger partial charge in [0.05, 0.1) is 18.1 Å². The highest BCUT2D eigenvalue weighted by Crippen LogP contribution is 2.19. The van der Waals surface area contributed by atoms with E-state index in [0.29, 0.717) is 24.5 Å². The van der Waals surface area contributed by atoms with E-state index in [-0.39, 0.29) is 24.7 Å². The van der Waals surface area contributed by atoms with Gasteiger partial charge in [0, 0.05) is 16.8 Å². The van der Waals surface area contributed by atoms with Gasteiger partial charge in [-0.1, -0.05) is 15.9 Å². The van der Waals surface area contributed by atoms with E-state index >= 15 is 0 Å². The molecule has 1 fully saturated rings. The van der Waals surface area contributed by atoms with Crippen LogP contribution >= 0.6 is 15.9 Å². The monoisotopic (exact) mass is 584 g/mol. The molecule has 2 aromatic carbocycles. The largest absolute Gasteiger partial charge is 0.482 e. The average molecular weight is 585 g/mol. The summed E-state index contributed by atoms with van der Waals surface area (Å²) in [5.74, 6) is -0.685. The standard InChI is InChI=1S/C24H29BrN2O8S/c1-2-32-22(28)16-34-19-10-8-18(9-11-19)26-24(29)21(15-35-23-5-3-4-14-33-23)27-36(30,31)20-12-6-17(25)7-13-20/h6-13,21,23,27H,2-5,14-16H2,1H3,(H,26,29)/t21-,23?/m0/s1. The molecule has 2 atom stereocenters. The van der Waals surface area contributed by atoms with Gasteiger partial charge in [-0.05, 0) is 74.7 Å². The van der Waals surface area contributed by atoms with Crippen molar-refractivity contribution in [3.63, 3.8) is 0 Å². The highest BCUT2D eigenvalue weighted by molar-refractivity contribution is 9.10. The van der Waals surface area contributed by atoms with Crippen molar-refractivity contribution < 1.29 is 37.0 Å². The average Bonchev–Trinajstić information content (AvgIpc) is 2.87. The number of esters is 1. The van der Waals surface area contributed by atoms with Crippen molar-refractivity contribution in [2.45, 2.75) is 43.4 Å².